The van der Waals surface area contributed by atoms with Crippen LogP contribution in [0.25, 0.3) is 0 Å². The van der Waals surface area contributed by atoms with Gasteiger partial charge in [-0.05, 0) is 24.8 Å². The van der Waals surface area contributed by atoms with E-state index in [1.54, 1.807) is 0 Å². The highest BCUT2D eigenvalue weighted by molar-refractivity contribution is 4.69. The molecule has 18 heavy (non-hydrogen) atoms. The minimum absolute atomic E-state index is 0.199. The van der Waals surface area contributed by atoms with Crippen LogP contribution < -0.4 is 5.32 Å². The number of hydrogen-bond donors (Lipinski definition) is 2. The van der Waals surface area contributed by atoms with Gasteiger partial charge in [0, 0.05) is 6.54 Å². The van der Waals surface area contributed by atoms with Crippen molar-refractivity contribution >= 4 is 0 Å². The quantitative estimate of drug-likeness (QED) is 0.546. The molecule has 1 unspecified atom stereocenters. The molecule has 0 heterocycles. The summed E-state index contributed by atoms with van der Waals surface area (Å²) in [6, 6.07) is 0. The van der Waals surface area contributed by atoms with E-state index < -0.39 is 0 Å². The number of unbranched alkanes of at least 4 members (excludes halogenated alkanes) is 6. The second kappa shape index (κ2) is 10.8. The molecule has 0 saturated carbocycles. The molecule has 0 aliphatic carbocycles. The van der Waals surface area contributed by atoms with E-state index in [1.165, 1.54) is 44.9 Å². The van der Waals surface area contributed by atoms with Gasteiger partial charge in [0.15, 0.2) is 0 Å². The maximum absolute atomic E-state index is 9.82. The van der Waals surface area contributed by atoms with Crippen LogP contribution in [0.2, 0.25) is 0 Å². The van der Waals surface area contributed by atoms with E-state index in [0.29, 0.717) is 0 Å². The van der Waals surface area contributed by atoms with Crippen molar-refractivity contribution in [1.29, 1.82) is 0 Å². The number of aliphatic hydroxyl groups excluding tert-OH is 1. The lowest BCUT2D eigenvalue weighted by Crippen LogP contribution is -2.30. The van der Waals surface area contributed by atoms with Crippen molar-refractivity contribution in [1.82, 2.24) is 5.32 Å². The molecular weight excluding hydrogens is 222 g/mol. The topological polar surface area (TPSA) is 32.3 Å². The molecule has 1 atom stereocenters. The molecule has 0 fully saturated rings. The predicted octanol–water partition coefficient (Wildman–Crippen LogP) is 4.12. The van der Waals surface area contributed by atoms with Crippen LogP contribution in [0.15, 0.2) is 0 Å². The summed E-state index contributed by atoms with van der Waals surface area (Å²) >= 11 is 0. The molecule has 0 saturated heterocycles. The first-order valence-electron chi connectivity index (χ1n) is 7.84. The van der Waals surface area contributed by atoms with E-state index >= 15 is 0 Å². The minimum atomic E-state index is -0.199. The van der Waals surface area contributed by atoms with Crippen molar-refractivity contribution in [2.45, 2.75) is 85.2 Å². The zero-order chi connectivity index (χ0) is 13.9. The Hall–Kier alpha value is -0.0800. The van der Waals surface area contributed by atoms with Gasteiger partial charge >= 0.3 is 0 Å². The van der Waals surface area contributed by atoms with Crippen LogP contribution in [0.4, 0.5) is 0 Å². The monoisotopic (exact) mass is 257 g/mol. The van der Waals surface area contributed by atoms with E-state index in [9.17, 15) is 5.11 Å². The molecule has 0 aliphatic rings. The maximum atomic E-state index is 9.82. The first-order valence-corrected chi connectivity index (χ1v) is 7.84. The molecule has 0 spiro atoms. The summed E-state index contributed by atoms with van der Waals surface area (Å²) in [7, 11) is 0. The van der Waals surface area contributed by atoms with E-state index in [-0.39, 0.29) is 11.5 Å². The van der Waals surface area contributed by atoms with Gasteiger partial charge in [-0.2, -0.15) is 0 Å². The van der Waals surface area contributed by atoms with Crippen LogP contribution in [-0.2, 0) is 0 Å². The average Bonchev–Trinajstić information content (AvgIpc) is 2.24. The second-order valence-corrected chi connectivity index (χ2v) is 6.74. The molecule has 2 N–H and O–H groups in total. The summed E-state index contributed by atoms with van der Waals surface area (Å²) in [6.07, 6.45) is 10.1. The number of hydrogen-bond acceptors (Lipinski definition) is 2. The molecule has 110 valence electrons. The SMILES string of the molecule is CCCCCCCCCNCC(O)CC(C)(C)C. The minimum Gasteiger partial charge on any atom is -0.392 e. The molecule has 0 amide bonds. The third kappa shape index (κ3) is 14.0. The van der Waals surface area contributed by atoms with E-state index in [0.717, 1.165) is 19.5 Å². The Morgan fingerprint density at radius 1 is 0.944 bits per heavy atom. The lowest BCUT2D eigenvalue weighted by atomic mass is 9.89. The molecule has 2 nitrogen and oxygen atoms in total. The first kappa shape index (κ1) is 17.9. The Balaban J connectivity index is 3.20. The Morgan fingerprint density at radius 2 is 1.50 bits per heavy atom. The molecule has 0 aromatic heterocycles. The summed E-state index contributed by atoms with van der Waals surface area (Å²) in [5.74, 6) is 0. The van der Waals surface area contributed by atoms with Gasteiger partial charge in [-0.15, -0.1) is 0 Å². The van der Waals surface area contributed by atoms with Crippen LogP contribution in [-0.4, -0.2) is 24.3 Å². The van der Waals surface area contributed by atoms with Gasteiger partial charge in [0.2, 0.25) is 0 Å². The molecule has 0 bridgehead atoms. The summed E-state index contributed by atoms with van der Waals surface area (Å²) in [5.41, 5.74) is 0.223. The fourth-order valence-corrected chi connectivity index (χ4v) is 2.25. The summed E-state index contributed by atoms with van der Waals surface area (Å²) in [6.45, 7) is 10.6. The summed E-state index contributed by atoms with van der Waals surface area (Å²) in [4.78, 5) is 0. The lowest BCUT2D eigenvalue weighted by molar-refractivity contribution is 0.120. The highest BCUT2D eigenvalue weighted by Gasteiger charge is 2.15. The predicted molar refractivity (Wildman–Crippen MR) is 80.9 cm³/mol. The van der Waals surface area contributed by atoms with Crippen molar-refractivity contribution in [2.75, 3.05) is 13.1 Å². The Kier molecular flexibility index (Phi) is 10.8. The molecule has 0 aromatic rings. The Bertz CT molecular complexity index is 174. The maximum Gasteiger partial charge on any atom is 0.0669 e. The van der Waals surface area contributed by atoms with Gasteiger partial charge in [0.1, 0.15) is 0 Å². The van der Waals surface area contributed by atoms with E-state index in [4.69, 9.17) is 0 Å². The fraction of sp³-hybridized carbons (Fsp3) is 1.00. The molecule has 0 aliphatic heterocycles. The number of rotatable bonds is 11. The third-order valence-electron chi connectivity index (χ3n) is 3.19. The zero-order valence-corrected chi connectivity index (χ0v) is 13.1. The summed E-state index contributed by atoms with van der Waals surface area (Å²) < 4.78 is 0. The standard InChI is InChI=1S/C16H35NO/c1-5-6-7-8-9-10-11-12-17-14-15(18)13-16(2,3)4/h15,17-18H,5-14H2,1-4H3. The van der Waals surface area contributed by atoms with Crippen molar-refractivity contribution in [3.05, 3.63) is 0 Å². The van der Waals surface area contributed by atoms with Gasteiger partial charge in [-0.25, -0.2) is 0 Å². The zero-order valence-electron chi connectivity index (χ0n) is 13.1. The molecule has 0 rings (SSSR count). The van der Waals surface area contributed by atoms with E-state index in [1.807, 2.05) is 0 Å². The van der Waals surface area contributed by atoms with Crippen LogP contribution in [0, 0.1) is 5.41 Å². The third-order valence-corrected chi connectivity index (χ3v) is 3.19. The number of aliphatic hydroxyl groups is 1. The second-order valence-electron chi connectivity index (χ2n) is 6.74. The van der Waals surface area contributed by atoms with Gasteiger partial charge in [0.05, 0.1) is 6.10 Å². The number of nitrogens with one attached hydrogen (secondary N) is 1. The first-order chi connectivity index (χ1) is 8.45. The van der Waals surface area contributed by atoms with Crippen LogP contribution in [0.1, 0.15) is 79.1 Å². The molecule has 0 aromatic carbocycles. The highest BCUT2D eigenvalue weighted by Crippen LogP contribution is 2.20. The molecular formula is C16H35NO. The fourth-order valence-electron chi connectivity index (χ4n) is 2.25. The smallest absolute Gasteiger partial charge is 0.0669 e. The van der Waals surface area contributed by atoms with Crippen LogP contribution in [0.3, 0.4) is 0 Å². The molecule has 0 radical (unpaired) electrons. The van der Waals surface area contributed by atoms with Crippen molar-refractivity contribution in [2.24, 2.45) is 5.41 Å². The van der Waals surface area contributed by atoms with E-state index in [2.05, 4.69) is 33.0 Å². The van der Waals surface area contributed by atoms with Gasteiger partial charge < -0.3 is 10.4 Å². The largest absolute Gasteiger partial charge is 0.392 e. The molecule has 2 heteroatoms. The highest BCUT2D eigenvalue weighted by atomic mass is 16.3. The normalized spacial score (nSPS) is 13.8. The lowest BCUT2D eigenvalue weighted by Gasteiger charge is -2.22. The summed E-state index contributed by atoms with van der Waals surface area (Å²) in [5, 5.41) is 13.2. The van der Waals surface area contributed by atoms with Gasteiger partial charge in [0.25, 0.3) is 0 Å². The van der Waals surface area contributed by atoms with Crippen molar-refractivity contribution in [3.63, 3.8) is 0 Å². The average molecular weight is 257 g/mol. The Labute approximate surface area is 115 Å². The Morgan fingerprint density at radius 3 is 2.06 bits per heavy atom. The van der Waals surface area contributed by atoms with Gasteiger partial charge in [-0.1, -0.05) is 66.2 Å². The van der Waals surface area contributed by atoms with Gasteiger partial charge in [-0.3, -0.25) is 0 Å². The van der Waals surface area contributed by atoms with Crippen molar-refractivity contribution < 1.29 is 5.11 Å². The van der Waals surface area contributed by atoms with Crippen LogP contribution >= 0.6 is 0 Å². The van der Waals surface area contributed by atoms with Crippen LogP contribution in [0.5, 0.6) is 0 Å². The van der Waals surface area contributed by atoms with Crippen molar-refractivity contribution in [3.8, 4) is 0 Å².